The topological polar surface area (TPSA) is 67.4 Å². The lowest BCUT2D eigenvalue weighted by molar-refractivity contribution is 0.0616. The van der Waals surface area contributed by atoms with Crippen molar-refractivity contribution in [3.05, 3.63) is 35.5 Å². The molecule has 3 heterocycles. The van der Waals surface area contributed by atoms with Crippen LogP contribution in [-0.4, -0.2) is 56.8 Å². The Balaban J connectivity index is 1.57. The van der Waals surface area contributed by atoms with E-state index in [1.807, 2.05) is 18.7 Å². The molecule has 1 aliphatic rings. The van der Waals surface area contributed by atoms with Crippen LogP contribution in [0.25, 0.3) is 0 Å². The standard InChI is InChI=1S/C15H21N5O2/c1-3-20-14(4-5-16-20)15(21)19-8-6-18(7-9-19)11-13-10-17-22-12(13)2/h4-5,10H,3,6-9,11H2,1-2H3. The third-order valence-corrected chi connectivity index (χ3v) is 4.14. The van der Waals surface area contributed by atoms with E-state index in [1.165, 1.54) is 0 Å². The fraction of sp³-hybridized carbons (Fsp3) is 0.533. The summed E-state index contributed by atoms with van der Waals surface area (Å²) >= 11 is 0. The quantitative estimate of drug-likeness (QED) is 0.848. The van der Waals surface area contributed by atoms with Crippen LogP contribution in [0.2, 0.25) is 0 Å². The highest BCUT2D eigenvalue weighted by atomic mass is 16.5. The molecular weight excluding hydrogens is 282 g/mol. The van der Waals surface area contributed by atoms with Crippen LogP contribution in [0, 0.1) is 6.92 Å². The number of aromatic nitrogens is 3. The highest BCUT2D eigenvalue weighted by molar-refractivity contribution is 5.92. The molecule has 22 heavy (non-hydrogen) atoms. The molecule has 2 aromatic heterocycles. The number of nitrogens with zero attached hydrogens (tertiary/aromatic N) is 5. The molecule has 7 nitrogen and oxygen atoms in total. The van der Waals surface area contributed by atoms with Gasteiger partial charge >= 0.3 is 0 Å². The number of carbonyl (C=O) groups is 1. The zero-order valence-electron chi connectivity index (χ0n) is 13.0. The number of hydrogen-bond acceptors (Lipinski definition) is 5. The highest BCUT2D eigenvalue weighted by Gasteiger charge is 2.24. The summed E-state index contributed by atoms with van der Waals surface area (Å²) in [5.74, 6) is 0.936. The van der Waals surface area contributed by atoms with E-state index in [4.69, 9.17) is 4.52 Å². The van der Waals surface area contributed by atoms with Crippen LogP contribution in [0.5, 0.6) is 0 Å². The summed E-state index contributed by atoms with van der Waals surface area (Å²) in [6, 6.07) is 1.79. The SMILES string of the molecule is CCn1nccc1C(=O)N1CCN(Cc2cnoc2C)CC1. The first-order valence-corrected chi connectivity index (χ1v) is 7.62. The van der Waals surface area contributed by atoms with Crippen molar-refractivity contribution in [3.8, 4) is 0 Å². The summed E-state index contributed by atoms with van der Waals surface area (Å²) in [5, 5.41) is 7.97. The molecule has 0 spiro atoms. The van der Waals surface area contributed by atoms with Crippen LogP contribution < -0.4 is 0 Å². The molecule has 0 unspecified atom stereocenters. The Bertz CT molecular complexity index is 640. The Morgan fingerprint density at radius 1 is 1.32 bits per heavy atom. The van der Waals surface area contributed by atoms with Crippen molar-refractivity contribution in [1.82, 2.24) is 24.7 Å². The van der Waals surface area contributed by atoms with Crippen molar-refractivity contribution < 1.29 is 9.32 Å². The molecule has 3 rings (SSSR count). The molecule has 7 heteroatoms. The van der Waals surface area contributed by atoms with Crippen molar-refractivity contribution >= 4 is 5.91 Å². The average Bonchev–Trinajstić information content (AvgIpc) is 3.16. The van der Waals surface area contributed by atoms with Crippen LogP contribution in [0.3, 0.4) is 0 Å². The van der Waals surface area contributed by atoms with Gasteiger partial charge in [0.1, 0.15) is 11.5 Å². The summed E-state index contributed by atoms with van der Waals surface area (Å²) in [4.78, 5) is 16.8. The zero-order valence-corrected chi connectivity index (χ0v) is 13.0. The lowest BCUT2D eigenvalue weighted by Crippen LogP contribution is -2.48. The van der Waals surface area contributed by atoms with Gasteiger partial charge in [-0.3, -0.25) is 14.4 Å². The van der Waals surface area contributed by atoms with Crippen LogP contribution in [0.1, 0.15) is 28.7 Å². The van der Waals surface area contributed by atoms with Crippen LogP contribution in [0.4, 0.5) is 0 Å². The van der Waals surface area contributed by atoms with E-state index in [-0.39, 0.29) is 5.91 Å². The second kappa shape index (κ2) is 6.31. The van der Waals surface area contributed by atoms with E-state index in [9.17, 15) is 4.79 Å². The molecule has 0 aromatic carbocycles. The Morgan fingerprint density at radius 2 is 2.09 bits per heavy atom. The lowest BCUT2D eigenvalue weighted by atomic mass is 10.2. The molecule has 0 atom stereocenters. The zero-order chi connectivity index (χ0) is 15.5. The minimum Gasteiger partial charge on any atom is -0.361 e. The van der Waals surface area contributed by atoms with Crippen molar-refractivity contribution in [1.29, 1.82) is 0 Å². The molecule has 0 bridgehead atoms. The molecule has 1 amide bonds. The molecule has 1 saturated heterocycles. The number of amides is 1. The van der Waals surface area contributed by atoms with Gasteiger partial charge in [-0.15, -0.1) is 0 Å². The van der Waals surface area contributed by atoms with Gasteiger partial charge in [-0.05, 0) is 19.9 Å². The van der Waals surface area contributed by atoms with Crippen molar-refractivity contribution in [2.45, 2.75) is 26.9 Å². The predicted octanol–water partition coefficient (Wildman–Crippen LogP) is 1.16. The maximum absolute atomic E-state index is 12.5. The van der Waals surface area contributed by atoms with E-state index < -0.39 is 0 Å². The fourth-order valence-corrected chi connectivity index (χ4v) is 2.75. The van der Waals surface area contributed by atoms with Gasteiger partial charge in [-0.25, -0.2) is 0 Å². The van der Waals surface area contributed by atoms with E-state index in [1.54, 1.807) is 23.1 Å². The van der Waals surface area contributed by atoms with E-state index in [0.29, 0.717) is 12.2 Å². The summed E-state index contributed by atoms with van der Waals surface area (Å²) in [5.41, 5.74) is 1.79. The van der Waals surface area contributed by atoms with Gasteiger partial charge in [0.15, 0.2) is 0 Å². The first kappa shape index (κ1) is 14.8. The summed E-state index contributed by atoms with van der Waals surface area (Å²) in [6.45, 7) is 8.63. The number of rotatable bonds is 4. The van der Waals surface area contributed by atoms with Crippen LogP contribution in [-0.2, 0) is 13.1 Å². The first-order valence-electron chi connectivity index (χ1n) is 7.62. The van der Waals surface area contributed by atoms with Crippen molar-refractivity contribution in [3.63, 3.8) is 0 Å². The Labute approximate surface area is 129 Å². The normalized spacial score (nSPS) is 16.2. The second-order valence-corrected chi connectivity index (χ2v) is 5.51. The van der Waals surface area contributed by atoms with Gasteiger partial charge in [-0.1, -0.05) is 5.16 Å². The summed E-state index contributed by atoms with van der Waals surface area (Å²) in [7, 11) is 0. The second-order valence-electron chi connectivity index (χ2n) is 5.51. The Kier molecular flexibility index (Phi) is 4.24. The molecule has 0 saturated carbocycles. The Morgan fingerprint density at radius 3 is 2.73 bits per heavy atom. The van der Waals surface area contributed by atoms with E-state index in [2.05, 4.69) is 15.2 Å². The molecule has 0 radical (unpaired) electrons. The van der Waals surface area contributed by atoms with Gasteiger partial charge in [0, 0.05) is 51.0 Å². The minimum atomic E-state index is 0.0696. The van der Waals surface area contributed by atoms with Gasteiger partial charge in [0.05, 0.1) is 6.20 Å². The predicted molar refractivity (Wildman–Crippen MR) is 80.3 cm³/mol. The summed E-state index contributed by atoms with van der Waals surface area (Å²) in [6.07, 6.45) is 3.45. The van der Waals surface area contributed by atoms with Gasteiger partial charge in [-0.2, -0.15) is 5.10 Å². The van der Waals surface area contributed by atoms with Crippen molar-refractivity contribution in [2.75, 3.05) is 26.2 Å². The largest absolute Gasteiger partial charge is 0.361 e. The molecule has 118 valence electrons. The highest BCUT2D eigenvalue weighted by Crippen LogP contribution is 2.13. The smallest absolute Gasteiger partial charge is 0.272 e. The summed E-state index contributed by atoms with van der Waals surface area (Å²) < 4.78 is 6.83. The lowest BCUT2D eigenvalue weighted by Gasteiger charge is -2.34. The molecular formula is C15H21N5O2. The van der Waals surface area contributed by atoms with E-state index >= 15 is 0 Å². The van der Waals surface area contributed by atoms with Gasteiger partial charge in [0.2, 0.25) is 0 Å². The number of carbonyl (C=O) groups excluding carboxylic acids is 1. The fourth-order valence-electron chi connectivity index (χ4n) is 2.75. The molecule has 0 N–H and O–H groups in total. The average molecular weight is 303 g/mol. The molecule has 1 aliphatic heterocycles. The van der Waals surface area contributed by atoms with Gasteiger partial charge in [0.25, 0.3) is 5.91 Å². The number of piperazine rings is 1. The molecule has 2 aromatic rings. The monoisotopic (exact) mass is 303 g/mol. The maximum Gasteiger partial charge on any atom is 0.272 e. The first-order chi connectivity index (χ1) is 10.7. The number of aryl methyl sites for hydroxylation is 2. The Hall–Kier alpha value is -2.15. The van der Waals surface area contributed by atoms with E-state index in [0.717, 1.165) is 44.0 Å². The number of hydrogen-bond donors (Lipinski definition) is 0. The van der Waals surface area contributed by atoms with Crippen molar-refractivity contribution in [2.24, 2.45) is 0 Å². The minimum absolute atomic E-state index is 0.0696. The third-order valence-electron chi connectivity index (χ3n) is 4.14. The molecule has 1 fully saturated rings. The maximum atomic E-state index is 12.5. The third kappa shape index (κ3) is 2.89. The van der Waals surface area contributed by atoms with Crippen LogP contribution in [0.15, 0.2) is 23.0 Å². The van der Waals surface area contributed by atoms with Crippen LogP contribution >= 0.6 is 0 Å². The van der Waals surface area contributed by atoms with Gasteiger partial charge < -0.3 is 9.42 Å². The molecule has 0 aliphatic carbocycles.